The van der Waals surface area contributed by atoms with Gasteiger partial charge in [-0.25, -0.2) is 4.57 Å². The van der Waals surface area contributed by atoms with Crippen molar-refractivity contribution < 1.29 is 41.9 Å². The lowest BCUT2D eigenvalue weighted by atomic mass is 9.95. The maximum absolute atomic E-state index is 14.8. The first-order chi connectivity index (χ1) is 26.4. The topological polar surface area (TPSA) is 111 Å². The van der Waals surface area contributed by atoms with E-state index in [4.69, 9.17) is 32.5 Å². The van der Waals surface area contributed by atoms with Gasteiger partial charge >= 0.3 is 7.82 Å². The number of rotatable bonds is 19. The molecule has 0 unspecified atom stereocenters. The number of hydrogen-bond acceptors (Lipinski definition) is 9. The van der Waals surface area contributed by atoms with E-state index in [1.165, 1.54) is 6.92 Å². The third kappa shape index (κ3) is 12.0. The molecule has 1 aliphatic heterocycles. The van der Waals surface area contributed by atoms with Crippen LogP contribution in [0.4, 0.5) is 0 Å². The van der Waals surface area contributed by atoms with E-state index in [0.717, 1.165) is 27.8 Å². The van der Waals surface area contributed by atoms with E-state index in [1.54, 1.807) is 0 Å². The standard InChI is InChI=1S/C43H46NO9P/c1-33(45)44-40-39(32-47-27-34-17-7-2-8-18-34)52-43(42(49-29-36-21-11-4-12-22-36)41(40)48-28-35-19-9-3-10-20-35)53-54(46,50-30-37-23-13-5-14-24-37)51-31-38-25-15-6-16-26-38/h2-26,39-43H,27-32H2,1H3,(H,44,45)/t39-,40-,41+,42-,43-/m1/s1. The molecule has 54 heavy (non-hydrogen) atoms. The van der Waals surface area contributed by atoms with Gasteiger partial charge in [0.05, 0.1) is 45.7 Å². The van der Waals surface area contributed by atoms with Gasteiger partial charge in [0.15, 0.2) is 6.29 Å². The molecule has 282 valence electrons. The number of nitrogens with one attached hydrogen (secondary N) is 1. The predicted molar refractivity (Wildman–Crippen MR) is 204 cm³/mol. The summed E-state index contributed by atoms with van der Waals surface area (Å²) in [5.41, 5.74) is 4.29. The summed E-state index contributed by atoms with van der Waals surface area (Å²) in [6.07, 6.45) is -4.05. The number of phosphoric acid groups is 1. The fourth-order valence-electron chi connectivity index (χ4n) is 6.00. The molecule has 0 bridgehead atoms. The van der Waals surface area contributed by atoms with E-state index in [0.29, 0.717) is 6.61 Å². The van der Waals surface area contributed by atoms with Gasteiger partial charge in [0.2, 0.25) is 5.91 Å². The maximum atomic E-state index is 14.8. The zero-order valence-corrected chi connectivity index (χ0v) is 31.1. The van der Waals surface area contributed by atoms with Crippen LogP contribution in [0.3, 0.4) is 0 Å². The Labute approximate surface area is 316 Å². The molecule has 1 aliphatic rings. The van der Waals surface area contributed by atoms with Crippen molar-refractivity contribution in [3.8, 4) is 0 Å². The van der Waals surface area contributed by atoms with Gasteiger partial charge in [-0.1, -0.05) is 152 Å². The lowest BCUT2D eigenvalue weighted by molar-refractivity contribution is -0.282. The molecule has 1 saturated heterocycles. The van der Waals surface area contributed by atoms with Crippen molar-refractivity contribution in [1.29, 1.82) is 0 Å². The van der Waals surface area contributed by atoms with Crippen molar-refractivity contribution >= 4 is 13.7 Å². The molecule has 1 amide bonds. The fraction of sp³-hybridized carbons (Fsp3) is 0.279. The zero-order chi connectivity index (χ0) is 37.4. The molecule has 1 heterocycles. The van der Waals surface area contributed by atoms with E-state index >= 15 is 0 Å². The first-order valence-corrected chi connectivity index (χ1v) is 19.4. The number of phosphoric ester groups is 1. The highest BCUT2D eigenvalue weighted by Crippen LogP contribution is 2.53. The average Bonchev–Trinajstić information content (AvgIpc) is 3.21. The third-order valence-electron chi connectivity index (χ3n) is 8.69. The van der Waals surface area contributed by atoms with Crippen LogP contribution in [0, 0.1) is 0 Å². The number of carbonyl (C=O) groups is 1. The average molecular weight is 752 g/mol. The molecule has 5 aromatic carbocycles. The smallest absolute Gasteiger partial charge is 0.374 e. The highest BCUT2D eigenvalue weighted by Gasteiger charge is 2.51. The van der Waals surface area contributed by atoms with Crippen LogP contribution in [0.2, 0.25) is 0 Å². The Morgan fingerprint density at radius 3 is 1.39 bits per heavy atom. The zero-order valence-electron chi connectivity index (χ0n) is 30.2. The molecule has 11 heteroatoms. The van der Waals surface area contributed by atoms with Gasteiger partial charge in [-0.3, -0.25) is 18.4 Å². The van der Waals surface area contributed by atoms with Crippen LogP contribution < -0.4 is 5.32 Å². The normalized spacial score (nSPS) is 20.0. The lowest BCUT2D eigenvalue weighted by Gasteiger charge is -2.46. The van der Waals surface area contributed by atoms with Crippen molar-refractivity contribution in [2.45, 2.75) is 70.6 Å². The summed E-state index contributed by atoms with van der Waals surface area (Å²) in [5.74, 6) is -0.297. The van der Waals surface area contributed by atoms with Gasteiger partial charge in [-0.2, -0.15) is 0 Å². The van der Waals surface area contributed by atoms with Gasteiger partial charge in [0, 0.05) is 6.92 Å². The van der Waals surface area contributed by atoms with E-state index in [2.05, 4.69) is 5.32 Å². The summed E-state index contributed by atoms with van der Waals surface area (Å²) >= 11 is 0. The van der Waals surface area contributed by atoms with Crippen LogP contribution in [-0.2, 0) is 74.9 Å². The Bertz CT molecular complexity index is 1820. The summed E-state index contributed by atoms with van der Waals surface area (Å²) in [4.78, 5) is 12.8. The molecule has 0 saturated carbocycles. The highest BCUT2D eigenvalue weighted by atomic mass is 31.2. The third-order valence-corrected chi connectivity index (χ3v) is 10.0. The second kappa shape index (κ2) is 20.3. The predicted octanol–water partition coefficient (Wildman–Crippen LogP) is 8.16. The van der Waals surface area contributed by atoms with Gasteiger partial charge in [0.1, 0.15) is 18.3 Å². The molecule has 10 nitrogen and oxygen atoms in total. The molecule has 5 aromatic rings. The maximum Gasteiger partial charge on any atom is 0.477 e. The van der Waals surface area contributed by atoms with Crippen LogP contribution >= 0.6 is 7.82 Å². The molecular weight excluding hydrogens is 705 g/mol. The van der Waals surface area contributed by atoms with Gasteiger partial charge in [0.25, 0.3) is 0 Å². The van der Waals surface area contributed by atoms with Gasteiger partial charge in [-0.05, 0) is 27.8 Å². The van der Waals surface area contributed by atoms with E-state index < -0.39 is 38.5 Å². The molecule has 0 aliphatic carbocycles. The number of carbonyl (C=O) groups excluding carboxylic acids is 1. The first kappa shape index (κ1) is 39.2. The Balaban J connectivity index is 1.34. The van der Waals surface area contributed by atoms with Crippen molar-refractivity contribution in [3.05, 3.63) is 179 Å². The molecule has 0 aromatic heterocycles. The minimum Gasteiger partial charge on any atom is -0.374 e. The van der Waals surface area contributed by atoms with Crippen LogP contribution in [0.1, 0.15) is 34.7 Å². The van der Waals surface area contributed by atoms with Crippen LogP contribution in [-0.4, -0.2) is 43.2 Å². The molecular formula is C43H46NO9P. The second-order valence-corrected chi connectivity index (χ2v) is 14.5. The van der Waals surface area contributed by atoms with Crippen molar-refractivity contribution in [2.75, 3.05) is 6.61 Å². The lowest BCUT2D eigenvalue weighted by Crippen LogP contribution is -2.66. The molecule has 5 atom stereocenters. The van der Waals surface area contributed by atoms with E-state index in [1.807, 2.05) is 152 Å². The van der Waals surface area contributed by atoms with E-state index in [9.17, 15) is 9.36 Å². The molecule has 6 rings (SSSR count). The molecule has 0 spiro atoms. The van der Waals surface area contributed by atoms with Crippen LogP contribution in [0.5, 0.6) is 0 Å². The second-order valence-electron chi connectivity index (χ2n) is 12.9. The monoisotopic (exact) mass is 751 g/mol. The molecule has 0 radical (unpaired) electrons. The van der Waals surface area contributed by atoms with Gasteiger partial charge in [-0.15, -0.1) is 0 Å². The Kier molecular flexibility index (Phi) is 14.7. The quantitative estimate of drug-likeness (QED) is 0.0836. The van der Waals surface area contributed by atoms with Crippen molar-refractivity contribution in [3.63, 3.8) is 0 Å². The Hall–Kier alpha value is -4.48. The summed E-state index contributed by atoms with van der Waals surface area (Å²) in [5, 5.41) is 3.04. The number of amides is 1. The number of benzene rings is 5. The van der Waals surface area contributed by atoms with Crippen molar-refractivity contribution in [2.24, 2.45) is 0 Å². The minimum absolute atomic E-state index is 0.0380. The fourth-order valence-corrected chi connectivity index (χ4v) is 7.23. The highest BCUT2D eigenvalue weighted by molar-refractivity contribution is 7.48. The summed E-state index contributed by atoms with van der Waals surface area (Å²) in [6, 6.07) is 46.9. The number of ether oxygens (including phenoxy) is 4. The first-order valence-electron chi connectivity index (χ1n) is 17.9. The van der Waals surface area contributed by atoms with Gasteiger partial charge < -0.3 is 24.3 Å². The number of hydrogen-bond donors (Lipinski definition) is 1. The summed E-state index contributed by atoms with van der Waals surface area (Å²) in [6.45, 7) is 1.98. The minimum atomic E-state index is -4.39. The Morgan fingerprint density at radius 1 is 0.574 bits per heavy atom. The largest absolute Gasteiger partial charge is 0.477 e. The summed E-state index contributed by atoms with van der Waals surface area (Å²) < 4.78 is 59.2. The van der Waals surface area contributed by atoms with Crippen molar-refractivity contribution in [1.82, 2.24) is 5.32 Å². The summed E-state index contributed by atoms with van der Waals surface area (Å²) in [7, 11) is -4.39. The molecule has 1 N–H and O–H groups in total. The SMILES string of the molecule is CC(=O)N[C@H]1[C@H](OCc2ccccc2)[C@@H](OCc2ccccc2)[C@@H](OP(=O)(OCc2ccccc2)OCc2ccccc2)O[C@@H]1COCc1ccccc1. The van der Waals surface area contributed by atoms with Crippen LogP contribution in [0.25, 0.3) is 0 Å². The Morgan fingerprint density at radius 2 is 0.963 bits per heavy atom. The van der Waals surface area contributed by atoms with Crippen LogP contribution in [0.15, 0.2) is 152 Å². The molecule has 1 fully saturated rings. The van der Waals surface area contributed by atoms with E-state index in [-0.39, 0.29) is 38.9 Å².